The van der Waals surface area contributed by atoms with Gasteiger partial charge in [-0.3, -0.25) is 9.10 Å². The van der Waals surface area contributed by atoms with Gasteiger partial charge in [-0.15, -0.1) is 0 Å². The summed E-state index contributed by atoms with van der Waals surface area (Å²) >= 11 is 0. The topological polar surface area (TPSA) is 92.8 Å². The van der Waals surface area contributed by atoms with Gasteiger partial charge in [0.1, 0.15) is 0 Å². The molecule has 2 aromatic carbocycles. The number of carbonyl (C=O) groups excluding carboxylic acids is 2. The predicted octanol–water partition coefficient (Wildman–Crippen LogP) is 2.89. The van der Waals surface area contributed by atoms with Gasteiger partial charge in [0.2, 0.25) is 0 Å². The smallest absolute Gasteiger partial charge is 0.338 e. The second-order valence-electron chi connectivity index (χ2n) is 6.43. The van der Waals surface area contributed by atoms with Crippen LogP contribution in [0, 0.1) is 6.92 Å². The van der Waals surface area contributed by atoms with E-state index in [1.54, 1.807) is 51.1 Å². The van der Waals surface area contributed by atoms with Crippen LogP contribution in [0.3, 0.4) is 0 Å². The number of likely N-dealkylation sites (N-methyl/N-ethyl adjacent to an activating group) is 1. The normalized spacial score (nSPS) is 12.1. The van der Waals surface area contributed by atoms with E-state index in [1.807, 2.05) is 6.07 Å². The van der Waals surface area contributed by atoms with Crippen LogP contribution in [0.5, 0.6) is 0 Å². The third kappa shape index (κ3) is 5.14. The molecule has 0 fully saturated rings. The fourth-order valence-corrected chi connectivity index (χ4v) is 4.54. The van der Waals surface area contributed by atoms with Crippen LogP contribution < -0.4 is 9.62 Å². The molecule has 1 amide bonds. The van der Waals surface area contributed by atoms with Crippen LogP contribution in [0.15, 0.2) is 53.4 Å². The number of anilines is 1. The molecule has 0 saturated heterocycles. The number of para-hydroxylation sites is 1. The van der Waals surface area contributed by atoms with E-state index in [1.165, 1.54) is 23.4 Å². The first kappa shape index (κ1) is 22.4. The number of rotatable bonds is 8. The van der Waals surface area contributed by atoms with Crippen molar-refractivity contribution in [2.75, 3.05) is 17.4 Å². The third-order valence-electron chi connectivity index (χ3n) is 4.33. The zero-order valence-corrected chi connectivity index (χ0v) is 17.8. The van der Waals surface area contributed by atoms with Crippen molar-refractivity contribution in [1.82, 2.24) is 5.32 Å². The molecule has 0 spiro atoms. The summed E-state index contributed by atoms with van der Waals surface area (Å²) < 4.78 is 33.0. The van der Waals surface area contributed by atoms with E-state index in [2.05, 4.69) is 5.32 Å². The number of nitrogens with one attached hydrogen (secondary N) is 1. The number of amides is 1. The Kier molecular flexibility index (Phi) is 7.39. The van der Waals surface area contributed by atoms with Gasteiger partial charge in [-0.05, 0) is 57.5 Å². The minimum Gasteiger partial charge on any atom is -0.449 e. The quantitative estimate of drug-likeness (QED) is 0.666. The maximum atomic E-state index is 13.3. The van der Waals surface area contributed by atoms with E-state index >= 15 is 0 Å². The molecule has 0 aromatic heterocycles. The van der Waals surface area contributed by atoms with Gasteiger partial charge in [0.25, 0.3) is 15.9 Å². The average Bonchev–Trinajstić information content (AvgIpc) is 2.69. The van der Waals surface area contributed by atoms with Crippen molar-refractivity contribution < 1.29 is 22.7 Å². The molecule has 0 aliphatic heterocycles. The molecule has 2 aromatic rings. The lowest BCUT2D eigenvalue weighted by atomic mass is 10.1. The highest BCUT2D eigenvalue weighted by Gasteiger charge is 2.27. The number of benzene rings is 2. The molecule has 0 unspecified atom stereocenters. The minimum atomic E-state index is -3.90. The Bertz CT molecular complexity index is 974. The van der Waals surface area contributed by atoms with Gasteiger partial charge in [0.15, 0.2) is 6.10 Å². The number of esters is 1. The second-order valence-corrected chi connectivity index (χ2v) is 8.26. The molecular formula is C21H26N2O5S. The van der Waals surface area contributed by atoms with Gasteiger partial charge < -0.3 is 10.1 Å². The number of nitrogens with zero attached hydrogens (tertiary/aromatic N) is 1. The number of hydrogen-bond acceptors (Lipinski definition) is 5. The molecule has 0 aliphatic rings. The average molecular weight is 419 g/mol. The first-order valence-corrected chi connectivity index (χ1v) is 10.8. The van der Waals surface area contributed by atoms with Crippen molar-refractivity contribution in [3.05, 3.63) is 59.7 Å². The van der Waals surface area contributed by atoms with Crippen LogP contribution in [-0.2, 0) is 19.6 Å². The molecule has 0 bridgehead atoms. The van der Waals surface area contributed by atoms with Gasteiger partial charge in [0, 0.05) is 13.1 Å². The summed E-state index contributed by atoms with van der Waals surface area (Å²) in [7, 11) is -3.90. The SMILES string of the molecule is CCNC(=O)[C@H](C)OC(=O)c1ccc(C)c(S(=O)(=O)N(CC)c2ccccc2)c1. The number of carbonyl (C=O) groups is 2. The lowest BCUT2D eigenvalue weighted by molar-refractivity contribution is -0.128. The summed E-state index contributed by atoms with van der Waals surface area (Å²) in [5, 5.41) is 2.57. The lowest BCUT2D eigenvalue weighted by Gasteiger charge is -2.24. The Morgan fingerprint density at radius 3 is 2.34 bits per heavy atom. The first-order chi connectivity index (χ1) is 13.7. The highest BCUT2D eigenvalue weighted by Crippen LogP contribution is 2.26. The Morgan fingerprint density at radius 2 is 1.76 bits per heavy atom. The number of hydrogen-bond donors (Lipinski definition) is 1. The standard InChI is InChI=1S/C21H26N2O5S/c1-5-22-20(24)16(4)28-21(25)17-13-12-15(3)19(14-17)29(26,27)23(6-2)18-10-8-7-9-11-18/h7-14,16H,5-6H2,1-4H3,(H,22,24)/t16-/m0/s1. The number of aryl methyl sites for hydroxylation is 1. The van der Waals surface area contributed by atoms with Crippen molar-refractivity contribution in [2.24, 2.45) is 0 Å². The molecule has 1 N–H and O–H groups in total. The second kappa shape index (κ2) is 9.56. The van der Waals surface area contributed by atoms with E-state index in [0.29, 0.717) is 17.8 Å². The third-order valence-corrected chi connectivity index (χ3v) is 6.37. The molecule has 8 heteroatoms. The van der Waals surface area contributed by atoms with Crippen molar-refractivity contribution in [1.29, 1.82) is 0 Å². The van der Waals surface area contributed by atoms with Crippen molar-refractivity contribution in [3.63, 3.8) is 0 Å². The van der Waals surface area contributed by atoms with E-state index in [4.69, 9.17) is 4.74 Å². The van der Waals surface area contributed by atoms with Crippen LogP contribution in [0.4, 0.5) is 5.69 Å². The van der Waals surface area contributed by atoms with Gasteiger partial charge in [-0.1, -0.05) is 24.3 Å². The molecule has 156 valence electrons. The molecule has 1 atom stereocenters. The zero-order chi connectivity index (χ0) is 21.6. The van der Waals surface area contributed by atoms with Crippen LogP contribution in [0.2, 0.25) is 0 Å². The number of ether oxygens (including phenoxy) is 1. The maximum absolute atomic E-state index is 13.3. The predicted molar refractivity (Wildman–Crippen MR) is 111 cm³/mol. The van der Waals surface area contributed by atoms with Crippen LogP contribution in [0.1, 0.15) is 36.7 Å². The fraction of sp³-hybridized carbons (Fsp3) is 0.333. The van der Waals surface area contributed by atoms with E-state index in [-0.39, 0.29) is 17.0 Å². The van der Waals surface area contributed by atoms with Crippen molar-refractivity contribution in [3.8, 4) is 0 Å². The lowest BCUT2D eigenvalue weighted by Crippen LogP contribution is -2.35. The molecule has 0 radical (unpaired) electrons. The molecule has 0 heterocycles. The van der Waals surface area contributed by atoms with Crippen LogP contribution in [-0.4, -0.2) is 39.5 Å². The van der Waals surface area contributed by atoms with Crippen LogP contribution in [0.25, 0.3) is 0 Å². The highest BCUT2D eigenvalue weighted by atomic mass is 32.2. The largest absolute Gasteiger partial charge is 0.449 e. The summed E-state index contributed by atoms with van der Waals surface area (Å²) in [6.45, 7) is 7.28. The zero-order valence-electron chi connectivity index (χ0n) is 17.0. The Morgan fingerprint density at radius 1 is 1.10 bits per heavy atom. The Hall–Kier alpha value is -2.87. The van der Waals surface area contributed by atoms with Crippen molar-refractivity contribution in [2.45, 2.75) is 38.7 Å². The monoisotopic (exact) mass is 418 g/mol. The van der Waals surface area contributed by atoms with E-state index in [0.717, 1.165) is 0 Å². The van der Waals surface area contributed by atoms with Gasteiger partial charge in [-0.2, -0.15) is 0 Å². The van der Waals surface area contributed by atoms with Crippen molar-refractivity contribution >= 4 is 27.6 Å². The summed E-state index contributed by atoms with van der Waals surface area (Å²) in [5.74, 6) is -1.18. The molecule has 0 aliphatic carbocycles. The Balaban J connectivity index is 2.37. The highest BCUT2D eigenvalue weighted by molar-refractivity contribution is 7.92. The fourth-order valence-electron chi connectivity index (χ4n) is 2.81. The molecule has 29 heavy (non-hydrogen) atoms. The van der Waals surface area contributed by atoms with Gasteiger partial charge in [-0.25, -0.2) is 13.2 Å². The molecule has 0 saturated carbocycles. The van der Waals surface area contributed by atoms with Gasteiger partial charge in [0.05, 0.1) is 16.1 Å². The van der Waals surface area contributed by atoms with E-state index in [9.17, 15) is 18.0 Å². The van der Waals surface area contributed by atoms with Crippen LogP contribution >= 0.6 is 0 Å². The molecule has 7 nitrogen and oxygen atoms in total. The molecular weight excluding hydrogens is 392 g/mol. The molecule has 2 rings (SSSR count). The number of sulfonamides is 1. The summed E-state index contributed by atoms with van der Waals surface area (Å²) in [6, 6.07) is 13.1. The van der Waals surface area contributed by atoms with E-state index < -0.39 is 28.0 Å². The minimum absolute atomic E-state index is 0.0170. The first-order valence-electron chi connectivity index (χ1n) is 9.39. The van der Waals surface area contributed by atoms with Gasteiger partial charge >= 0.3 is 5.97 Å². The summed E-state index contributed by atoms with van der Waals surface area (Å²) in [4.78, 5) is 24.3. The maximum Gasteiger partial charge on any atom is 0.338 e. The Labute approximate surface area is 171 Å². The summed E-state index contributed by atoms with van der Waals surface area (Å²) in [6.07, 6.45) is -0.986. The summed E-state index contributed by atoms with van der Waals surface area (Å²) in [5.41, 5.74) is 1.11.